The van der Waals surface area contributed by atoms with E-state index in [1.807, 2.05) is 0 Å². The lowest BCUT2D eigenvalue weighted by Gasteiger charge is -2.15. The molecule has 0 amide bonds. The zero-order chi connectivity index (χ0) is 13.2. The summed E-state index contributed by atoms with van der Waals surface area (Å²) in [6.07, 6.45) is -7.71. The van der Waals surface area contributed by atoms with E-state index in [-0.39, 0.29) is 5.76 Å². The van der Waals surface area contributed by atoms with Gasteiger partial charge in [0.05, 0.1) is 0 Å². The van der Waals surface area contributed by atoms with Gasteiger partial charge in [0.25, 0.3) is 5.88 Å². The van der Waals surface area contributed by atoms with Gasteiger partial charge in [-0.05, 0) is 0 Å². The van der Waals surface area contributed by atoms with Crippen LogP contribution in [0.1, 0.15) is 0 Å². The highest BCUT2D eigenvalue weighted by molar-refractivity contribution is 5.62. The van der Waals surface area contributed by atoms with E-state index < -0.39 is 18.4 Å². The number of oxazole rings is 1. The second-order valence-corrected chi connectivity index (χ2v) is 3.32. The van der Waals surface area contributed by atoms with Crippen molar-refractivity contribution in [3.63, 3.8) is 0 Å². The summed E-state index contributed by atoms with van der Waals surface area (Å²) in [6, 6.07) is 8.07. The van der Waals surface area contributed by atoms with Crippen LogP contribution in [0.25, 0.3) is 11.3 Å². The molecule has 96 valence electrons. The van der Waals surface area contributed by atoms with E-state index in [1.54, 1.807) is 30.3 Å². The van der Waals surface area contributed by atoms with Gasteiger partial charge in [-0.15, -0.1) is 0 Å². The Hall–Kier alpha value is -2.05. The maximum Gasteiger partial charge on any atom is 0.462 e. The van der Waals surface area contributed by atoms with Gasteiger partial charge < -0.3 is 9.15 Å². The summed E-state index contributed by atoms with van der Waals surface area (Å²) in [7, 11) is 0. The number of hydrogen-bond acceptors (Lipinski definition) is 3. The van der Waals surface area contributed by atoms with Crippen molar-refractivity contribution in [1.82, 2.24) is 4.98 Å². The smallest absolute Gasteiger partial charge is 0.439 e. The molecule has 1 aromatic carbocycles. The third-order valence-electron chi connectivity index (χ3n) is 2.06. The largest absolute Gasteiger partial charge is 0.462 e. The summed E-state index contributed by atoms with van der Waals surface area (Å²) in [5.74, 6) is -0.803. The number of hydrogen-bond donors (Lipinski definition) is 0. The van der Waals surface area contributed by atoms with Crippen LogP contribution in [-0.2, 0) is 0 Å². The molecular formula is C11H7F4NO2. The summed E-state index contributed by atoms with van der Waals surface area (Å²) in [5, 5.41) is 0. The zero-order valence-corrected chi connectivity index (χ0v) is 8.82. The molecule has 7 heteroatoms. The second kappa shape index (κ2) is 4.67. The van der Waals surface area contributed by atoms with Crippen LogP contribution in [-0.4, -0.2) is 17.5 Å². The van der Waals surface area contributed by atoms with Crippen LogP contribution in [0, 0.1) is 0 Å². The van der Waals surface area contributed by atoms with Gasteiger partial charge in [0.2, 0.25) is 0 Å². The molecule has 0 saturated carbocycles. The third kappa shape index (κ3) is 2.44. The topological polar surface area (TPSA) is 35.3 Å². The van der Waals surface area contributed by atoms with Gasteiger partial charge in [0.1, 0.15) is 0 Å². The second-order valence-electron chi connectivity index (χ2n) is 3.32. The van der Waals surface area contributed by atoms with E-state index in [2.05, 4.69) is 9.72 Å². The molecule has 2 rings (SSSR count). The lowest BCUT2D eigenvalue weighted by molar-refractivity contribution is -0.254. The molecule has 0 aliphatic rings. The maximum absolute atomic E-state index is 12.8. The van der Waals surface area contributed by atoms with Crippen LogP contribution in [0.4, 0.5) is 17.6 Å². The van der Waals surface area contributed by atoms with Gasteiger partial charge in [-0.3, -0.25) is 0 Å². The van der Waals surface area contributed by atoms with Crippen molar-refractivity contribution in [2.45, 2.75) is 12.5 Å². The summed E-state index contributed by atoms with van der Waals surface area (Å²) in [6.45, 7) is 0. The highest BCUT2D eigenvalue weighted by Gasteiger charge is 2.45. The fraction of sp³-hybridized carbons (Fsp3) is 0.182. The van der Waals surface area contributed by atoms with E-state index >= 15 is 0 Å². The number of alkyl halides is 4. The number of halogens is 4. The normalized spacial score (nSPS) is 11.8. The highest BCUT2D eigenvalue weighted by atomic mass is 19.3. The van der Waals surface area contributed by atoms with Gasteiger partial charge in [-0.25, -0.2) is 0 Å². The highest BCUT2D eigenvalue weighted by Crippen LogP contribution is 2.34. The molecule has 0 fully saturated rings. The van der Waals surface area contributed by atoms with Crippen LogP contribution < -0.4 is 4.74 Å². The molecule has 0 saturated heterocycles. The number of aromatic nitrogens is 1. The summed E-state index contributed by atoms with van der Waals surface area (Å²) >= 11 is 0. The minimum atomic E-state index is -4.61. The van der Waals surface area contributed by atoms with Gasteiger partial charge in [0, 0.05) is 5.56 Å². The van der Waals surface area contributed by atoms with Crippen LogP contribution in [0.5, 0.6) is 5.88 Å². The Bertz CT molecular complexity index is 513. The van der Waals surface area contributed by atoms with E-state index in [1.165, 1.54) is 0 Å². The van der Waals surface area contributed by atoms with E-state index in [9.17, 15) is 17.6 Å². The molecule has 0 aliphatic heterocycles. The zero-order valence-electron chi connectivity index (χ0n) is 8.82. The predicted octanol–water partition coefficient (Wildman–Crippen LogP) is 3.58. The van der Waals surface area contributed by atoms with Crippen molar-refractivity contribution in [3.8, 4) is 17.2 Å². The molecule has 18 heavy (non-hydrogen) atoms. The number of rotatable bonds is 4. The Morgan fingerprint density at radius 3 is 2.44 bits per heavy atom. The molecule has 0 bridgehead atoms. The SMILES string of the molecule is FC(F)C(F)(F)Oc1ncoc1-c1ccccc1. The molecule has 1 aromatic heterocycles. The fourth-order valence-electron chi connectivity index (χ4n) is 1.26. The van der Waals surface area contributed by atoms with Crippen molar-refractivity contribution < 1.29 is 26.7 Å². The first-order chi connectivity index (χ1) is 8.50. The van der Waals surface area contributed by atoms with Crippen molar-refractivity contribution in [3.05, 3.63) is 36.7 Å². The Morgan fingerprint density at radius 2 is 1.83 bits per heavy atom. The van der Waals surface area contributed by atoms with Gasteiger partial charge in [-0.2, -0.15) is 22.5 Å². The van der Waals surface area contributed by atoms with Crippen molar-refractivity contribution in [2.24, 2.45) is 0 Å². The average molecular weight is 261 g/mol. The lowest BCUT2D eigenvalue weighted by atomic mass is 10.2. The van der Waals surface area contributed by atoms with E-state index in [0.717, 1.165) is 6.39 Å². The number of nitrogens with zero attached hydrogens (tertiary/aromatic N) is 1. The molecule has 3 nitrogen and oxygen atoms in total. The molecule has 0 unspecified atom stereocenters. The lowest BCUT2D eigenvalue weighted by Crippen LogP contribution is -2.33. The molecular weight excluding hydrogens is 254 g/mol. The molecule has 0 aliphatic carbocycles. The molecule has 0 N–H and O–H groups in total. The summed E-state index contributed by atoms with van der Waals surface area (Å²) in [4.78, 5) is 3.36. The first kappa shape index (κ1) is 12.4. The summed E-state index contributed by atoms with van der Waals surface area (Å²) < 4.78 is 58.3. The van der Waals surface area contributed by atoms with Crippen molar-refractivity contribution in [2.75, 3.05) is 0 Å². The Kier molecular flexibility index (Phi) is 3.22. The van der Waals surface area contributed by atoms with Crippen molar-refractivity contribution >= 4 is 0 Å². The monoisotopic (exact) mass is 261 g/mol. The van der Waals surface area contributed by atoms with E-state index in [0.29, 0.717) is 5.56 Å². The summed E-state index contributed by atoms with van der Waals surface area (Å²) in [5.41, 5.74) is 0.398. The fourth-order valence-corrected chi connectivity index (χ4v) is 1.26. The molecule has 0 spiro atoms. The van der Waals surface area contributed by atoms with Gasteiger partial charge >= 0.3 is 12.5 Å². The van der Waals surface area contributed by atoms with Gasteiger partial charge in [0.15, 0.2) is 12.2 Å². The number of ether oxygens (including phenoxy) is 1. The molecule has 0 radical (unpaired) electrons. The van der Waals surface area contributed by atoms with Crippen LogP contribution in [0.15, 0.2) is 41.1 Å². The predicted molar refractivity (Wildman–Crippen MR) is 53.5 cm³/mol. The first-order valence-electron chi connectivity index (χ1n) is 4.84. The quantitative estimate of drug-likeness (QED) is 0.789. The minimum Gasteiger partial charge on any atom is -0.439 e. The standard InChI is InChI=1S/C11H7F4NO2/c12-10(13)11(14,15)18-9-8(17-6-16-9)7-4-2-1-3-5-7/h1-6,10H. The maximum atomic E-state index is 12.8. The van der Waals surface area contributed by atoms with Crippen molar-refractivity contribution in [1.29, 1.82) is 0 Å². The van der Waals surface area contributed by atoms with Crippen LogP contribution in [0.2, 0.25) is 0 Å². The first-order valence-corrected chi connectivity index (χ1v) is 4.84. The Morgan fingerprint density at radius 1 is 1.17 bits per heavy atom. The molecule has 1 heterocycles. The molecule has 0 atom stereocenters. The average Bonchev–Trinajstić information content (AvgIpc) is 2.77. The third-order valence-corrected chi connectivity index (χ3v) is 2.06. The number of benzene rings is 1. The Labute approximate surface area is 99.0 Å². The Balaban J connectivity index is 2.30. The van der Waals surface area contributed by atoms with E-state index in [4.69, 9.17) is 4.42 Å². The van der Waals surface area contributed by atoms with Gasteiger partial charge in [-0.1, -0.05) is 30.3 Å². The molecule has 2 aromatic rings. The van der Waals surface area contributed by atoms with Crippen LogP contribution in [0.3, 0.4) is 0 Å². The minimum absolute atomic E-state index is 0.129. The van der Waals surface area contributed by atoms with Crippen LogP contribution >= 0.6 is 0 Å².